The Labute approximate surface area is 151 Å². The molecule has 1 aliphatic heterocycles. The third-order valence-corrected chi connectivity index (χ3v) is 5.91. The minimum Gasteiger partial charge on any atom is -0.453 e. The number of nitrogens with one attached hydrogen (secondary N) is 1. The number of anilines is 1. The van der Waals surface area contributed by atoms with Crippen molar-refractivity contribution in [3.8, 4) is 0 Å². The fraction of sp³-hybridized carbons (Fsp3) is 0.235. The van der Waals surface area contributed by atoms with E-state index in [9.17, 15) is 13.2 Å². The van der Waals surface area contributed by atoms with E-state index in [2.05, 4.69) is 4.72 Å². The Morgan fingerprint density at radius 1 is 1.20 bits per heavy atom. The van der Waals surface area contributed by atoms with E-state index in [1.807, 2.05) is 6.07 Å². The lowest BCUT2D eigenvalue weighted by Gasteiger charge is -2.28. The van der Waals surface area contributed by atoms with Crippen molar-refractivity contribution in [1.82, 2.24) is 4.90 Å². The monoisotopic (exact) mass is 380 g/mol. The van der Waals surface area contributed by atoms with Crippen LogP contribution in [0.4, 0.5) is 10.5 Å². The van der Waals surface area contributed by atoms with Crippen LogP contribution in [0, 0.1) is 0 Å². The van der Waals surface area contributed by atoms with Gasteiger partial charge in [0, 0.05) is 18.8 Å². The minimum atomic E-state index is -3.79. The number of nitrogens with zero attached hydrogens (tertiary/aromatic N) is 1. The van der Waals surface area contributed by atoms with Gasteiger partial charge >= 0.3 is 6.09 Å². The fourth-order valence-electron chi connectivity index (χ4n) is 2.78. The molecule has 0 bridgehead atoms. The molecule has 0 saturated carbocycles. The van der Waals surface area contributed by atoms with E-state index in [1.165, 1.54) is 19.2 Å². The van der Waals surface area contributed by atoms with Crippen molar-refractivity contribution < 1.29 is 17.9 Å². The molecule has 0 radical (unpaired) electrons. The zero-order valence-electron chi connectivity index (χ0n) is 13.5. The van der Waals surface area contributed by atoms with Crippen LogP contribution in [0.5, 0.6) is 0 Å². The van der Waals surface area contributed by atoms with Crippen LogP contribution in [0.25, 0.3) is 0 Å². The Morgan fingerprint density at radius 3 is 2.68 bits per heavy atom. The molecule has 8 heteroatoms. The van der Waals surface area contributed by atoms with Crippen molar-refractivity contribution in [3.05, 3.63) is 58.6 Å². The summed E-state index contributed by atoms with van der Waals surface area (Å²) in [4.78, 5) is 13.3. The highest BCUT2D eigenvalue weighted by Crippen LogP contribution is 2.26. The van der Waals surface area contributed by atoms with Crippen LogP contribution >= 0.6 is 11.6 Å². The first kappa shape index (κ1) is 17.6. The van der Waals surface area contributed by atoms with Crippen molar-refractivity contribution in [2.24, 2.45) is 0 Å². The number of sulfonamides is 1. The molecule has 0 spiro atoms. The van der Waals surface area contributed by atoms with Gasteiger partial charge in [0.05, 0.1) is 12.1 Å². The number of benzene rings is 2. The van der Waals surface area contributed by atoms with Gasteiger partial charge in [-0.15, -0.1) is 0 Å². The van der Waals surface area contributed by atoms with Gasteiger partial charge in [0.2, 0.25) is 0 Å². The molecule has 2 aromatic rings. The normalized spacial score (nSPS) is 13.9. The van der Waals surface area contributed by atoms with Crippen LogP contribution in [-0.2, 0) is 27.7 Å². The Morgan fingerprint density at radius 2 is 1.96 bits per heavy atom. The summed E-state index contributed by atoms with van der Waals surface area (Å²) in [6, 6.07) is 11.6. The molecule has 0 unspecified atom stereocenters. The maximum atomic E-state index is 12.5. The standard InChI is InChI=1S/C17H17ClN2O4S/c1-24-17(21)20-9-8-12-6-7-14(10-13(12)11-20)19-25(22,23)16-5-3-2-4-15(16)18/h2-7,10,19H,8-9,11H2,1H3. The molecular formula is C17H17ClN2O4S. The molecule has 1 amide bonds. The first-order valence-electron chi connectivity index (χ1n) is 7.63. The number of carbonyl (C=O) groups excluding carboxylic acids is 1. The third-order valence-electron chi connectivity index (χ3n) is 4.03. The molecule has 0 fully saturated rings. The second kappa shape index (κ2) is 6.93. The zero-order chi connectivity index (χ0) is 18.0. The van der Waals surface area contributed by atoms with Crippen molar-refractivity contribution in [1.29, 1.82) is 0 Å². The SMILES string of the molecule is COC(=O)N1CCc2ccc(NS(=O)(=O)c3ccccc3Cl)cc2C1. The van der Waals surface area contributed by atoms with Gasteiger partial charge in [-0.25, -0.2) is 13.2 Å². The largest absolute Gasteiger partial charge is 0.453 e. The maximum absolute atomic E-state index is 12.5. The number of ether oxygens (including phenoxy) is 1. The average Bonchev–Trinajstić information content (AvgIpc) is 2.60. The van der Waals surface area contributed by atoms with Crippen molar-refractivity contribution in [2.45, 2.75) is 17.9 Å². The van der Waals surface area contributed by atoms with Gasteiger partial charge in [-0.05, 0) is 41.8 Å². The summed E-state index contributed by atoms with van der Waals surface area (Å²) in [5.41, 5.74) is 2.39. The number of methoxy groups -OCH3 is 1. The van der Waals surface area contributed by atoms with E-state index in [1.54, 1.807) is 29.2 Å². The number of hydrogen-bond donors (Lipinski definition) is 1. The number of amides is 1. The molecule has 0 aromatic heterocycles. The van der Waals surface area contributed by atoms with Gasteiger partial charge in [-0.3, -0.25) is 4.72 Å². The van der Waals surface area contributed by atoms with Crippen LogP contribution in [-0.4, -0.2) is 33.1 Å². The summed E-state index contributed by atoms with van der Waals surface area (Å²) >= 11 is 5.98. The van der Waals surface area contributed by atoms with Crippen LogP contribution in [0.1, 0.15) is 11.1 Å². The van der Waals surface area contributed by atoms with Gasteiger partial charge < -0.3 is 9.64 Å². The predicted molar refractivity (Wildman–Crippen MR) is 95.2 cm³/mol. The lowest BCUT2D eigenvalue weighted by Crippen LogP contribution is -2.35. The van der Waals surface area contributed by atoms with Gasteiger partial charge in [-0.2, -0.15) is 0 Å². The fourth-order valence-corrected chi connectivity index (χ4v) is 4.35. The highest BCUT2D eigenvalue weighted by atomic mass is 35.5. The lowest BCUT2D eigenvalue weighted by atomic mass is 9.99. The Balaban J connectivity index is 1.86. The quantitative estimate of drug-likeness (QED) is 0.886. The summed E-state index contributed by atoms with van der Waals surface area (Å²) < 4.78 is 32.3. The van der Waals surface area contributed by atoms with E-state index in [4.69, 9.17) is 16.3 Å². The molecule has 0 atom stereocenters. The molecule has 132 valence electrons. The molecule has 1 heterocycles. The van der Waals surface area contributed by atoms with Crippen LogP contribution in [0.3, 0.4) is 0 Å². The summed E-state index contributed by atoms with van der Waals surface area (Å²) in [5, 5.41) is 0.157. The second-order valence-electron chi connectivity index (χ2n) is 5.66. The summed E-state index contributed by atoms with van der Waals surface area (Å²) in [6.07, 6.45) is 0.301. The second-order valence-corrected chi connectivity index (χ2v) is 7.72. The van der Waals surface area contributed by atoms with Crippen LogP contribution in [0.2, 0.25) is 5.02 Å². The Bertz CT molecular complexity index is 915. The van der Waals surface area contributed by atoms with Gasteiger partial charge in [0.25, 0.3) is 10.0 Å². The highest BCUT2D eigenvalue weighted by molar-refractivity contribution is 7.92. The summed E-state index contributed by atoms with van der Waals surface area (Å²) in [6.45, 7) is 0.952. The molecule has 2 aromatic carbocycles. The Kier molecular flexibility index (Phi) is 4.87. The topological polar surface area (TPSA) is 75.7 Å². The van der Waals surface area contributed by atoms with Gasteiger partial charge in [-0.1, -0.05) is 29.8 Å². The van der Waals surface area contributed by atoms with Crippen LogP contribution < -0.4 is 4.72 Å². The number of rotatable bonds is 3. The van der Waals surface area contributed by atoms with E-state index in [-0.39, 0.29) is 9.92 Å². The van der Waals surface area contributed by atoms with E-state index in [0.29, 0.717) is 25.2 Å². The van der Waals surface area contributed by atoms with Gasteiger partial charge in [0.15, 0.2) is 0 Å². The lowest BCUT2D eigenvalue weighted by molar-refractivity contribution is 0.118. The third kappa shape index (κ3) is 3.72. The minimum absolute atomic E-state index is 0.0191. The average molecular weight is 381 g/mol. The van der Waals surface area contributed by atoms with Crippen LogP contribution in [0.15, 0.2) is 47.4 Å². The molecular weight excluding hydrogens is 364 g/mol. The molecule has 3 rings (SSSR count). The molecule has 6 nitrogen and oxygen atoms in total. The maximum Gasteiger partial charge on any atom is 0.409 e. The van der Waals surface area contributed by atoms with Gasteiger partial charge in [0.1, 0.15) is 4.90 Å². The smallest absolute Gasteiger partial charge is 0.409 e. The van der Waals surface area contributed by atoms with E-state index in [0.717, 1.165) is 11.1 Å². The predicted octanol–water partition coefficient (Wildman–Crippen LogP) is 3.27. The summed E-state index contributed by atoms with van der Waals surface area (Å²) in [7, 11) is -2.45. The summed E-state index contributed by atoms with van der Waals surface area (Å²) in [5.74, 6) is 0. The first-order chi connectivity index (χ1) is 11.9. The van der Waals surface area contributed by atoms with Crippen molar-refractivity contribution in [2.75, 3.05) is 18.4 Å². The highest BCUT2D eigenvalue weighted by Gasteiger charge is 2.22. The molecule has 0 aliphatic carbocycles. The van der Waals surface area contributed by atoms with E-state index >= 15 is 0 Å². The van der Waals surface area contributed by atoms with Crippen molar-refractivity contribution in [3.63, 3.8) is 0 Å². The molecule has 1 N–H and O–H groups in total. The number of halogens is 1. The number of carbonyl (C=O) groups is 1. The molecule has 0 saturated heterocycles. The zero-order valence-corrected chi connectivity index (χ0v) is 15.1. The number of fused-ring (bicyclic) bond motifs is 1. The van der Waals surface area contributed by atoms with Crippen molar-refractivity contribution >= 4 is 33.4 Å². The molecule has 25 heavy (non-hydrogen) atoms. The Hall–Kier alpha value is -2.25. The molecule has 1 aliphatic rings. The first-order valence-corrected chi connectivity index (χ1v) is 9.49. The van der Waals surface area contributed by atoms with E-state index < -0.39 is 16.1 Å². The number of hydrogen-bond acceptors (Lipinski definition) is 4.